The number of hydrogen-bond acceptors (Lipinski definition) is 3. The normalized spacial score (nSPS) is 18.3. The van der Waals surface area contributed by atoms with Crippen LogP contribution < -0.4 is 5.32 Å². The van der Waals surface area contributed by atoms with E-state index in [0.717, 1.165) is 43.0 Å². The van der Waals surface area contributed by atoms with Crippen LogP contribution in [0.4, 0.5) is 8.78 Å². The number of rotatable bonds is 6. The van der Waals surface area contributed by atoms with Gasteiger partial charge in [0.15, 0.2) is 0 Å². The van der Waals surface area contributed by atoms with Crippen molar-refractivity contribution in [1.82, 2.24) is 19.8 Å². The number of piperidine rings is 1. The first-order valence-electron chi connectivity index (χ1n) is 6.87. The summed E-state index contributed by atoms with van der Waals surface area (Å²) in [7, 11) is 1.97. The molecule has 0 unspecified atom stereocenters. The van der Waals surface area contributed by atoms with Gasteiger partial charge in [0, 0.05) is 12.4 Å². The van der Waals surface area contributed by atoms with E-state index in [1.165, 1.54) is 18.8 Å². The van der Waals surface area contributed by atoms with Crippen molar-refractivity contribution in [3.8, 4) is 0 Å². The lowest BCUT2D eigenvalue weighted by Gasteiger charge is -2.31. The van der Waals surface area contributed by atoms with Gasteiger partial charge in [-0.25, -0.2) is 4.98 Å². The number of likely N-dealkylation sites (tertiary alicyclic amines) is 1. The Morgan fingerprint density at radius 2 is 2.16 bits per heavy atom. The summed E-state index contributed by atoms with van der Waals surface area (Å²) in [5, 5.41) is 3.17. The molecule has 6 heteroatoms. The minimum Gasteiger partial charge on any atom is -0.320 e. The molecule has 2 heterocycles. The smallest absolute Gasteiger partial charge is 0.319 e. The summed E-state index contributed by atoms with van der Waals surface area (Å²) in [5.41, 5.74) is 0. The highest BCUT2D eigenvalue weighted by molar-refractivity contribution is 4.93. The zero-order valence-electron chi connectivity index (χ0n) is 11.4. The minimum absolute atomic E-state index is 0.462. The highest BCUT2D eigenvalue weighted by atomic mass is 19.3. The third-order valence-corrected chi connectivity index (χ3v) is 3.83. The van der Waals surface area contributed by atoms with E-state index >= 15 is 0 Å². The molecule has 2 rings (SSSR count). The van der Waals surface area contributed by atoms with Crippen LogP contribution in [0, 0.1) is 5.92 Å². The molecule has 0 aromatic carbocycles. The van der Waals surface area contributed by atoms with E-state index in [4.69, 9.17) is 0 Å². The maximum atomic E-state index is 12.7. The average molecular weight is 272 g/mol. The standard InChI is InChI=1S/C13H22F2N4/c1-16-5-2-11-3-7-18(8-4-11)10-12-17-6-9-19(12)13(14)15/h6,9,11,13,16H,2-5,7-8,10H2,1H3. The van der Waals surface area contributed by atoms with Crippen LogP contribution in [0.3, 0.4) is 0 Å². The second-order valence-corrected chi connectivity index (χ2v) is 5.14. The number of nitrogens with zero attached hydrogens (tertiary/aromatic N) is 3. The van der Waals surface area contributed by atoms with Gasteiger partial charge in [-0.3, -0.25) is 9.47 Å². The number of hydrogen-bond donors (Lipinski definition) is 1. The van der Waals surface area contributed by atoms with Crippen molar-refractivity contribution in [2.45, 2.75) is 32.4 Å². The number of aromatic nitrogens is 2. The Labute approximate surface area is 112 Å². The summed E-state index contributed by atoms with van der Waals surface area (Å²) < 4.78 is 26.4. The van der Waals surface area contributed by atoms with Gasteiger partial charge in [0.1, 0.15) is 5.82 Å². The van der Waals surface area contributed by atoms with Crippen molar-refractivity contribution in [3.63, 3.8) is 0 Å². The van der Waals surface area contributed by atoms with Gasteiger partial charge in [-0.2, -0.15) is 8.78 Å². The molecule has 0 saturated carbocycles. The van der Waals surface area contributed by atoms with Crippen LogP contribution in [-0.2, 0) is 6.54 Å². The number of imidazole rings is 1. The van der Waals surface area contributed by atoms with Gasteiger partial charge >= 0.3 is 6.55 Å². The molecular formula is C13H22F2N4. The van der Waals surface area contributed by atoms with Gasteiger partial charge in [0.25, 0.3) is 0 Å². The molecule has 0 aliphatic carbocycles. The molecule has 0 atom stereocenters. The summed E-state index contributed by atoms with van der Waals surface area (Å²) in [4.78, 5) is 6.25. The fraction of sp³-hybridized carbons (Fsp3) is 0.769. The number of halogens is 2. The lowest BCUT2D eigenvalue weighted by Crippen LogP contribution is -2.34. The summed E-state index contributed by atoms with van der Waals surface area (Å²) in [6.07, 6.45) is 6.30. The topological polar surface area (TPSA) is 33.1 Å². The van der Waals surface area contributed by atoms with Gasteiger partial charge in [0.2, 0.25) is 0 Å². The first-order chi connectivity index (χ1) is 9.20. The van der Waals surface area contributed by atoms with E-state index in [0.29, 0.717) is 12.4 Å². The van der Waals surface area contributed by atoms with E-state index in [1.54, 1.807) is 0 Å². The molecule has 1 aromatic heterocycles. The summed E-state index contributed by atoms with van der Waals surface area (Å²) >= 11 is 0. The third kappa shape index (κ3) is 3.98. The summed E-state index contributed by atoms with van der Waals surface area (Å²) in [6, 6.07) is 0. The molecule has 1 aliphatic rings. The van der Waals surface area contributed by atoms with Crippen LogP contribution in [0.1, 0.15) is 31.6 Å². The predicted molar refractivity (Wildman–Crippen MR) is 70.0 cm³/mol. The molecule has 1 saturated heterocycles. The van der Waals surface area contributed by atoms with Gasteiger partial charge in [-0.1, -0.05) is 0 Å². The monoisotopic (exact) mass is 272 g/mol. The SMILES string of the molecule is CNCCC1CCN(Cc2nccn2C(F)F)CC1. The van der Waals surface area contributed by atoms with Crippen LogP contribution in [0.25, 0.3) is 0 Å². The van der Waals surface area contributed by atoms with E-state index in [2.05, 4.69) is 15.2 Å². The zero-order valence-corrected chi connectivity index (χ0v) is 11.4. The Kier molecular flexibility index (Phi) is 5.27. The fourth-order valence-electron chi connectivity index (χ4n) is 2.63. The third-order valence-electron chi connectivity index (χ3n) is 3.83. The predicted octanol–water partition coefficient (Wildman–Crippen LogP) is 2.10. The molecule has 0 spiro atoms. The Balaban J connectivity index is 1.80. The van der Waals surface area contributed by atoms with E-state index in [9.17, 15) is 8.78 Å². The molecule has 0 radical (unpaired) electrons. The van der Waals surface area contributed by atoms with E-state index in [-0.39, 0.29) is 0 Å². The lowest BCUT2D eigenvalue weighted by molar-refractivity contribution is 0.0622. The first-order valence-corrected chi connectivity index (χ1v) is 6.87. The Bertz CT molecular complexity index is 372. The van der Waals surface area contributed by atoms with Crippen molar-refractivity contribution in [2.75, 3.05) is 26.7 Å². The maximum Gasteiger partial charge on any atom is 0.319 e. The number of nitrogens with one attached hydrogen (secondary N) is 1. The Hall–Kier alpha value is -1.01. The molecule has 108 valence electrons. The van der Waals surface area contributed by atoms with Crippen LogP contribution in [0.15, 0.2) is 12.4 Å². The van der Waals surface area contributed by atoms with Crippen LogP contribution >= 0.6 is 0 Å². The second kappa shape index (κ2) is 6.96. The zero-order chi connectivity index (χ0) is 13.7. The van der Waals surface area contributed by atoms with Crippen LogP contribution in [-0.4, -0.2) is 41.1 Å². The van der Waals surface area contributed by atoms with E-state index in [1.807, 2.05) is 7.05 Å². The summed E-state index contributed by atoms with van der Waals surface area (Å²) in [6.45, 7) is 1.04. The van der Waals surface area contributed by atoms with Gasteiger partial charge in [-0.05, 0) is 51.9 Å². The molecule has 0 amide bonds. The van der Waals surface area contributed by atoms with Gasteiger partial charge < -0.3 is 5.32 Å². The average Bonchev–Trinajstić information content (AvgIpc) is 2.86. The number of alkyl halides is 2. The molecule has 19 heavy (non-hydrogen) atoms. The van der Waals surface area contributed by atoms with Gasteiger partial charge in [-0.15, -0.1) is 0 Å². The van der Waals surface area contributed by atoms with Gasteiger partial charge in [0.05, 0.1) is 6.54 Å². The molecule has 1 aliphatic heterocycles. The van der Waals surface area contributed by atoms with Crippen molar-refractivity contribution in [1.29, 1.82) is 0 Å². The molecule has 1 aromatic rings. The second-order valence-electron chi connectivity index (χ2n) is 5.14. The Morgan fingerprint density at radius 3 is 2.79 bits per heavy atom. The van der Waals surface area contributed by atoms with Crippen molar-refractivity contribution in [2.24, 2.45) is 5.92 Å². The van der Waals surface area contributed by atoms with Crippen molar-refractivity contribution in [3.05, 3.63) is 18.2 Å². The highest BCUT2D eigenvalue weighted by Gasteiger charge is 2.21. The molecule has 1 N–H and O–H groups in total. The van der Waals surface area contributed by atoms with Crippen molar-refractivity contribution < 1.29 is 8.78 Å². The quantitative estimate of drug-likeness (QED) is 0.861. The first kappa shape index (κ1) is 14.4. The molecule has 1 fully saturated rings. The molecule has 4 nitrogen and oxygen atoms in total. The molecular weight excluding hydrogens is 250 g/mol. The molecule has 0 bridgehead atoms. The van der Waals surface area contributed by atoms with Crippen LogP contribution in [0.2, 0.25) is 0 Å². The van der Waals surface area contributed by atoms with E-state index < -0.39 is 6.55 Å². The van der Waals surface area contributed by atoms with Crippen molar-refractivity contribution >= 4 is 0 Å². The largest absolute Gasteiger partial charge is 0.320 e. The maximum absolute atomic E-state index is 12.7. The summed E-state index contributed by atoms with van der Waals surface area (Å²) in [5.74, 6) is 1.22. The fourth-order valence-corrected chi connectivity index (χ4v) is 2.63. The highest BCUT2D eigenvalue weighted by Crippen LogP contribution is 2.22. The van der Waals surface area contributed by atoms with Crippen LogP contribution in [0.5, 0.6) is 0 Å². The Morgan fingerprint density at radius 1 is 1.42 bits per heavy atom. The lowest BCUT2D eigenvalue weighted by atomic mass is 9.93. The minimum atomic E-state index is -2.49.